The molecule has 0 heterocycles. The van der Waals surface area contributed by atoms with Gasteiger partial charge in [0.15, 0.2) is 0 Å². The summed E-state index contributed by atoms with van der Waals surface area (Å²) >= 11 is 0. The largest absolute Gasteiger partial charge is 0.488 e. The molecule has 0 bridgehead atoms. The van der Waals surface area contributed by atoms with Crippen molar-refractivity contribution in [1.82, 2.24) is 0 Å². The lowest BCUT2D eigenvalue weighted by Gasteiger charge is -2.11. The highest BCUT2D eigenvalue weighted by molar-refractivity contribution is 6.13. The van der Waals surface area contributed by atoms with E-state index in [1.807, 2.05) is 103 Å². The first kappa shape index (κ1) is 19.9. The van der Waals surface area contributed by atoms with Crippen LogP contribution in [-0.2, 0) is 11.4 Å². The Morgan fingerprint density at radius 1 is 0.871 bits per heavy atom. The number of para-hydroxylation sites is 1. The Labute approximate surface area is 181 Å². The number of nitriles is 1. The summed E-state index contributed by atoms with van der Waals surface area (Å²) in [6.45, 7) is 0.399. The zero-order valence-electron chi connectivity index (χ0n) is 16.8. The van der Waals surface area contributed by atoms with Gasteiger partial charge in [-0.05, 0) is 29.2 Å². The number of hydrogen-bond acceptors (Lipinski definition) is 3. The molecular weight excluding hydrogens is 384 g/mol. The van der Waals surface area contributed by atoms with Crippen molar-refractivity contribution in [3.8, 4) is 11.8 Å². The summed E-state index contributed by atoms with van der Waals surface area (Å²) in [6, 6.07) is 32.7. The van der Waals surface area contributed by atoms with Crippen molar-refractivity contribution < 1.29 is 9.53 Å². The summed E-state index contributed by atoms with van der Waals surface area (Å²) in [7, 11) is 0. The molecule has 0 fully saturated rings. The monoisotopic (exact) mass is 404 g/mol. The van der Waals surface area contributed by atoms with Gasteiger partial charge < -0.3 is 10.1 Å². The molecule has 0 aliphatic carbocycles. The van der Waals surface area contributed by atoms with Gasteiger partial charge >= 0.3 is 0 Å². The summed E-state index contributed by atoms with van der Waals surface area (Å²) in [4.78, 5) is 12.8. The van der Waals surface area contributed by atoms with E-state index in [-0.39, 0.29) is 5.57 Å². The van der Waals surface area contributed by atoms with Gasteiger partial charge in [-0.3, -0.25) is 4.79 Å². The number of carbonyl (C=O) groups is 1. The smallest absolute Gasteiger partial charge is 0.266 e. The SMILES string of the molecule is N#C/C(=C\c1ccccc1OCc1ccccc1)C(=O)Nc1cccc2ccccc12. The van der Waals surface area contributed by atoms with Crippen LogP contribution in [0, 0.1) is 11.3 Å². The average molecular weight is 404 g/mol. The Hall–Kier alpha value is -4.36. The van der Waals surface area contributed by atoms with Crippen molar-refractivity contribution >= 4 is 28.4 Å². The van der Waals surface area contributed by atoms with Gasteiger partial charge in [-0.1, -0.05) is 84.9 Å². The lowest BCUT2D eigenvalue weighted by molar-refractivity contribution is -0.112. The Bertz CT molecular complexity index is 1280. The molecule has 0 aromatic heterocycles. The number of carbonyl (C=O) groups excluding carboxylic acids is 1. The number of nitrogens with one attached hydrogen (secondary N) is 1. The Balaban J connectivity index is 1.57. The standard InChI is InChI=1S/C27H20N2O2/c28-18-23(27(30)29-25-15-8-13-21-11-4-6-14-24(21)25)17-22-12-5-7-16-26(22)31-19-20-9-2-1-3-10-20/h1-17H,19H2,(H,29,30)/b23-17+. The number of hydrogen-bond donors (Lipinski definition) is 1. The Morgan fingerprint density at radius 3 is 2.42 bits per heavy atom. The quantitative estimate of drug-likeness (QED) is 0.318. The van der Waals surface area contributed by atoms with E-state index in [1.165, 1.54) is 0 Å². The van der Waals surface area contributed by atoms with Crippen LogP contribution in [0.2, 0.25) is 0 Å². The van der Waals surface area contributed by atoms with Crippen LogP contribution in [0.1, 0.15) is 11.1 Å². The molecule has 0 saturated heterocycles. The predicted octanol–water partition coefficient (Wildman–Crippen LogP) is 5.96. The van der Waals surface area contributed by atoms with Crippen LogP contribution in [0.3, 0.4) is 0 Å². The number of nitrogens with zero attached hydrogens (tertiary/aromatic N) is 1. The second-order valence-corrected chi connectivity index (χ2v) is 6.96. The maximum atomic E-state index is 12.8. The van der Waals surface area contributed by atoms with Crippen molar-refractivity contribution in [2.75, 3.05) is 5.32 Å². The van der Waals surface area contributed by atoms with E-state index in [4.69, 9.17) is 4.74 Å². The minimum absolute atomic E-state index is 0.00342. The molecule has 1 N–H and O–H groups in total. The molecule has 4 rings (SSSR count). The zero-order chi connectivity index (χ0) is 21.5. The van der Waals surface area contributed by atoms with E-state index in [0.29, 0.717) is 23.6 Å². The van der Waals surface area contributed by atoms with Crippen molar-refractivity contribution in [3.63, 3.8) is 0 Å². The number of ether oxygens (including phenoxy) is 1. The molecular formula is C27H20N2O2. The zero-order valence-corrected chi connectivity index (χ0v) is 16.8. The third-order valence-corrected chi connectivity index (χ3v) is 4.86. The molecule has 150 valence electrons. The summed E-state index contributed by atoms with van der Waals surface area (Å²) in [5.41, 5.74) is 2.38. The predicted molar refractivity (Wildman–Crippen MR) is 123 cm³/mol. The van der Waals surface area contributed by atoms with E-state index in [2.05, 4.69) is 5.32 Å². The van der Waals surface area contributed by atoms with E-state index >= 15 is 0 Å². The molecule has 31 heavy (non-hydrogen) atoms. The first-order chi connectivity index (χ1) is 15.2. The number of benzene rings is 4. The van der Waals surface area contributed by atoms with Crippen LogP contribution in [0.5, 0.6) is 5.75 Å². The van der Waals surface area contributed by atoms with Gasteiger partial charge in [0.1, 0.15) is 24.0 Å². The van der Waals surface area contributed by atoms with E-state index in [0.717, 1.165) is 16.3 Å². The first-order valence-electron chi connectivity index (χ1n) is 9.91. The van der Waals surface area contributed by atoms with Crippen LogP contribution in [0.25, 0.3) is 16.8 Å². The lowest BCUT2D eigenvalue weighted by atomic mass is 10.1. The van der Waals surface area contributed by atoms with Gasteiger partial charge in [-0.2, -0.15) is 5.26 Å². The third kappa shape index (κ3) is 4.80. The van der Waals surface area contributed by atoms with E-state index < -0.39 is 5.91 Å². The first-order valence-corrected chi connectivity index (χ1v) is 9.91. The normalized spacial score (nSPS) is 11.0. The number of rotatable bonds is 6. The highest BCUT2D eigenvalue weighted by Gasteiger charge is 2.13. The van der Waals surface area contributed by atoms with Crippen LogP contribution >= 0.6 is 0 Å². The van der Waals surface area contributed by atoms with Crippen LogP contribution in [0.4, 0.5) is 5.69 Å². The van der Waals surface area contributed by atoms with Gasteiger partial charge in [0.2, 0.25) is 0 Å². The average Bonchev–Trinajstić information content (AvgIpc) is 2.82. The summed E-state index contributed by atoms with van der Waals surface area (Å²) in [5.74, 6) is 0.147. The van der Waals surface area contributed by atoms with Gasteiger partial charge in [0.25, 0.3) is 5.91 Å². The molecule has 0 unspecified atom stereocenters. The fourth-order valence-corrected chi connectivity index (χ4v) is 3.29. The highest BCUT2D eigenvalue weighted by atomic mass is 16.5. The molecule has 1 amide bonds. The van der Waals surface area contributed by atoms with Gasteiger partial charge in [0, 0.05) is 16.6 Å². The van der Waals surface area contributed by atoms with E-state index in [9.17, 15) is 10.1 Å². The van der Waals surface area contributed by atoms with Gasteiger partial charge in [0.05, 0.1) is 0 Å². The molecule has 4 heteroatoms. The molecule has 4 nitrogen and oxygen atoms in total. The number of anilines is 1. The van der Waals surface area contributed by atoms with Crippen LogP contribution < -0.4 is 10.1 Å². The lowest BCUT2D eigenvalue weighted by Crippen LogP contribution is -2.13. The highest BCUT2D eigenvalue weighted by Crippen LogP contribution is 2.25. The van der Waals surface area contributed by atoms with Crippen molar-refractivity contribution in [3.05, 3.63) is 114 Å². The van der Waals surface area contributed by atoms with Crippen molar-refractivity contribution in [2.24, 2.45) is 0 Å². The molecule has 0 spiro atoms. The number of fused-ring (bicyclic) bond motifs is 1. The summed E-state index contributed by atoms with van der Waals surface area (Å²) in [6.07, 6.45) is 1.56. The van der Waals surface area contributed by atoms with Gasteiger partial charge in [-0.15, -0.1) is 0 Å². The number of amides is 1. The fourth-order valence-electron chi connectivity index (χ4n) is 3.29. The Kier molecular flexibility index (Phi) is 6.06. The third-order valence-electron chi connectivity index (χ3n) is 4.86. The molecule has 0 atom stereocenters. The van der Waals surface area contributed by atoms with Crippen LogP contribution in [-0.4, -0.2) is 5.91 Å². The minimum atomic E-state index is -0.461. The molecule has 4 aromatic carbocycles. The second kappa shape index (κ2) is 9.43. The fraction of sp³-hybridized carbons (Fsp3) is 0.0370. The van der Waals surface area contributed by atoms with E-state index in [1.54, 1.807) is 6.08 Å². The van der Waals surface area contributed by atoms with Gasteiger partial charge in [-0.25, -0.2) is 0 Å². The van der Waals surface area contributed by atoms with Crippen molar-refractivity contribution in [2.45, 2.75) is 6.61 Å². The molecule has 0 saturated carbocycles. The summed E-state index contributed by atoms with van der Waals surface area (Å²) < 4.78 is 5.94. The molecule has 0 aliphatic rings. The van der Waals surface area contributed by atoms with Crippen LogP contribution in [0.15, 0.2) is 103 Å². The topological polar surface area (TPSA) is 62.1 Å². The maximum absolute atomic E-state index is 12.8. The second-order valence-electron chi connectivity index (χ2n) is 6.96. The minimum Gasteiger partial charge on any atom is -0.488 e. The maximum Gasteiger partial charge on any atom is 0.266 e. The summed E-state index contributed by atoms with van der Waals surface area (Å²) in [5, 5.41) is 14.4. The molecule has 0 radical (unpaired) electrons. The molecule has 0 aliphatic heterocycles. The van der Waals surface area contributed by atoms with Crippen molar-refractivity contribution in [1.29, 1.82) is 5.26 Å². The Morgan fingerprint density at radius 2 is 1.58 bits per heavy atom. The molecule has 4 aromatic rings.